The third-order valence-electron chi connectivity index (χ3n) is 3.98. The molecular formula is C12H22O11. The minimum Gasteiger partial charge on any atom is -0.394 e. The summed E-state index contributed by atoms with van der Waals surface area (Å²) in [6.45, 7) is -1.35. The largest absolute Gasteiger partial charge is 0.394 e. The molecule has 2 aliphatic rings. The van der Waals surface area contributed by atoms with Crippen LogP contribution in [0.2, 0.25) is 0 Å². The van der Waals surface area contributed by atoms with Gasteiger partial charge in [-0.15, -0.1) is 0 Å². The molecule has 0 aromatic heterocycles. The average Bonchev–Trinajstić information content (AvgIpc) is 2.55. The molecule has 2 aliphatic heterocycles. The molecule has 0 bridgehead atoms. The van der Waals surface area contributed by atoms with Crippen LogP contribution in [0.15, 0.2) is 0 Å². The van der Waals surface area contributed by atoms with E-state index in [9.17, 15) is 35.7 Å². The second-order valence-electron chi connectivity index (χ2n) is 5.53. The number of ether oxygens (including phenoxy) is 3. The van der Waals surface area contributed by atoms with E-state index < -0.39 is 74.6 Å². The lowest BCUT2D eigenvalue weighted by Crippen LogP contribution is -2.64. The number of aliphatic hydroxyl groups excluding tert-OH is 8. The van der Waals surface area contributed by atoms with E-state index in [0.717, 1.165) is 0 Å². The number of aliphatic hydroxyl groups is 8. The molecule has 11 nitrogen and oxygen atoms in total. The lowest BCUT2D eigenvalue weighted by molar-refractivity contribution is -0.355. The summed E-state index contributed by atoms with van der Waals surface area (Å²) in [6.07, 6.45) is -15.6. The molecule has 2 saturated heterocycles. The van der Waals surface area contributed by atoms with E-state index in [-0.39, 0.29) is 0 Å². The van der Waals surface area contributed by atoms with Crippen molar-refractivity contribution < 1.29 is 55.1 Å². The van der Waals surface area contributed by atoms with Gasteiger partial charge in [0, 0.05) is 0 Å². The van der Waals surface area contributed by atoms with Crippen LogP contribution in [0.1, 0.15) is 0 Å². The fourth-order valence-electron chi connectivity index (χ4n) is 2.57. The maximum absolute atomic E-state index is 9.94. The monoisotopic (exact) mass is 342 g/mol. The van der Waals surface area contributed by atoms with Crippen molar-refractivity contribution >= 4 is 0 Å². The van der Waals surface area contributed by atoms with Crippen LogP contribution in [-0.4, -0.2) is 115 Å². The summed E-state index contributed by atoms with van der Waals surface area (Å²) in [5.74, 6) is 0. The highest BCUT2D eigenvalue weighted by atomic mass is 16.7. The third-order valence-corrected chi connectivity index (χ3v) is 3.98. The first kappa shape index (κ1) is 18.9. The Bertz CT molecular complexity index is 378. The molecule has 0 radical (unpaired) electrons. The summed E-state index contributed by atoms with van der Waals surface area (Å²) < 4.78 is 15.3. The van der Waals surface area contributed by atoms with Crippen molar-refractivity contribution in [2.24, 2.45) is 0 Å². The second-order valence-corrected chi connectivity index (χ2v) is 5.53. The molecule has 0 saturated carbocycles. The SMILES string of the molecule is OCC1OC(O)C(O)C(O)C1OC1OC(CO)[C@H](O)C(O)C1O. The van der Waals surface area contributed by atoms with Gasteiger partial charge in [0.15, 0.2) is 12.6 Å². The Hall–Kier alpha value is -0.440. The van der Waals surface area contributed by atoms with E-state index >= 15 is 0 Å². The Morgan fingerprint density at radius 3 is 1.83 bits per heavy atom. The maximum atomic E-state index is 9.94. The van der Waals surface area contributed by atoms with Gasteiger partial charge in [-0.05, 0) is 0 Å². The molecule has 136 valence electrons. The van der Waals surface area contributed by atoms with Gasteiger partial charge in [-0.3, -0.25) is 0 Å². The molecule has 2 heterocycles. The first-order chi connectivity index (χ1) is 10.8. The summed E-state index contributed by atoms with van der Waals surface area (Å²) in [4.78, 5) is 0. The van der Waals surface area contributed by atoms with Gasteiger partial charge in [-0.1, -0.05) is 0 Å². The molecule has 8 N–H and O–H groups in total. The minimum absolute atomic E-state index is 0.667. The van der Waals surface area contributed by atoms with Gasteiger partial charge in [-0.2, -0.15) is 0 Å². The van der Waals surface area contributed by atoms with Gasteiger partial charge in [-0.25, -0.2) is 0 Å². The van der Waals surface area contributed by atoms with Crippen LogP contribution in [-0.2, 0) is 14.2 Å². The Kier molecular flexibility index (Phi) is 6.27. The van der Waals surface area contributed by atoms with Crippen molar-refractivity contribution in [3.63, 3.8) is 0 Å². The van der Waals surface area contributed by atoms with Gasteiger partial charge in [0.2, 0.25) is 0 Å². The Morgan fingerprint density at radius 1 is 0.652 bits per heavy atom. The zero-order chi connectivity index (χ0) is 17.3. The molecule has 0 amide bonds. The van der Waals surface area contributed by atoms with Crippen LogP contribution in [0, 0.1) is 0 Å². The highest BCUT2D eigenvalue weighted by Crippen LogP contribution is 2.28. The van der Waals surface area contributed by atoms with Gasteiger partial charge < -0.3 is 55.1 Å². The van der Waals surface area contributed by atoms with Crippen LogP contribution in [0.25, 0.3) is 0 Å². The Labute approximate surface area is 130 Å². The van der Waals surface area contributed by atoms with Gasteiger partial charge in [0.1, 0.15) is 48.8 Å². The first-order valence-corrected chi connectivity index (χ1v) is 7.08. The molecule has 2 fully saturated rings. The predicted molar refractivity (Wildman–Crippen MR) is 68.6 cm³/mol. The average molecular weight is 342 g/mol. The third kappa shape index (κ3) is 3.65. The standard InChI is InChI=1S/C12H22O11/c13-1-3-5(15)6(16)9(19)12(22-3)23-10-4(2-14)21-11(20)8(18)7(10)17/h3-20H,1-2H2/t3?,4?,5-,6?,7?,8?,9?,10?,11?,12?/m0/s1. The molecule has 23 heavy (non-hydrogen) atoms. The van der Waals surface area contributed by atoms with Crippen molar-refractivity contribution in [1.29, 1.82) is 0 Å². The summed E-state index contributed by atoms with van der Waals surface area (Å²) in [5, 5.41) is 76.5. The van der Waals surface area contributed by atoms with Crippen molar-refractivity contribution in [2.45, 2.75) is 61.4 Å². The van der Waals surface area contributed by atoms with Gasteiger partial charge in [0.25, 0.3) is 0 Å². The highest BCUT2D eigenvalue weighted by Gasteiger charge is 2.50. The fraction of sp³-hybridized carbons (Fsp3) is 1.00. The lowest BCUT2D eigenvalue weighted by Gasteiger charge is -2.45. The fourth-order valence-corrected chi connectivity index (χ4v) is 2.57. The highest BCUT2D eigenvalue weighted by molar-refractivity contribution is 4.93. The van der Waals surface area contributed by atoms with Crippen molar-refractivity contribution in [3.8, 4) is 0 Å². The smallest absolute Gasteiger partial charge is 0.187 e. The van der Waals surface area contributed by atoms with Gasteiger partial charge >= 0.3 is 0 Å². The first-order valence-electron chi connectivity index (χ1n) is 7.08. The molecule has 0 spiro atoms. The molecule has 10 atom stereocenters. The number of rotatable bonds is 4. The van der Waals surface area contributed by atoms with Crippen molar-refractivity contribution in [1.82, 2.24) is 0 Å². The quantitative estimate of drug-likeness (QED) is 0.243. The maximum Gasteiger partial charge on any atom is 0.187 e. The van der Waals surface area contributed by atoms with Crippen LogP contribution in [0.4, 0.5) is 0 Å². The zero-order valence-corrected chi connectivity index (χ0v) is 12.0. The molecular weight excluding hydrogens is 320 g/mol. The van der Waals surface area contributed by atoms with Crippen molar-refractivity contribution in [2.75, 3.05) is 13.2 Å². The molecule has 11 heteroatoms. The van der Waals surface area contributed by atoms with Gasteiger partial charge in [0.05, 0.1) is 13.2 Å². The summed E-state index contributed by atoms with van der Waals surface area (Å²) in [5.41, 5.74) is 0. The summed E-state index contributed by atoms with van der Waals surface area (Å²) >= 11 is 0. The van der Waals surface area contributed by atoms with Crippen molar-refractivity contribution in [3.05, 3.63) is 0 Å². The van der Waals surface area contributed by atoms with E-state index in [1.165, 1.54) is 0 Å². The topological polar surface area (TPSA) is 190 Å². The molecule has 0 aromatic carbocycles. The molecule has 0 aliphatic carbocycles. The van der Waals surface area contributed by atoms with E-state index in [0.29, 0.717) is 0 Å². The lowest BCUT2D eigenvalue weighted by atomic mass is 9.97. The number of hydrogen-bond acceptors (Lipinski definition) is 11. The molecule has 2 rings (SSSR count). The predicted octanol–water partition coefficient (Wildman–Crippen LogP) is -5.40. The van der Waals surface area contributed by atoms with Crippen LogP contribution < -0.4 is 0 Å². The Balaban J connectivity index is 2.11. The minimum atomic E-state index is -1.74. The van der Waals surface area contributed by atoms with Crippen LogP contribution >= 0.6 is 0 Å². The van der Waals surface area contributed by atoms with Crippen LogP contribution in [0.5, 0.6) is 0 Å². The van der Waals surface area contributed by atoms with E-state index in [1.807, 2.05) is 0 Å². The second kappa shape index (κ2) is 7.63. The van der Waals surface area contributed by atoms with E-state index in [1.54, 1.807) is 0 Å². The molecule has 9 unspecified atom stereocenters. The summed E-state index contributed by atoms with van der Waals surface area (Å²) in [6, 6.07) is 0. The number of hydrogen-bond donors (Lipinski definition) is 8. The zero-order valence-electron chi connectivity index (χ0n) is 12.0. The molecule has 0 aromatic rings. The van der Waals surface area contributed by atoms with E-state index in [2.05, 4.69) is 0 Å². The summed E-state index contributed by atoms with van der Waals surface area (Å²) in [7, 11) is 0. The van der Waals surface area contributed by atoms with Crippen LogP contribution in [0.3, 0.4) is 0 Å². The normalized spacial score (nSPS) is 51.7. The van der Waals surface area contributed by atoms with E-state index in [4.69, 9.17) is 19.3 Å². The Morgan fingerprint density at radius 2 is 1.26 bits per heavy atom.